The van der Waals surface area contributed by atoms with Gasteiger partial charge in [0.1, 0.15) is 0 Å². The van der Waals surface area contributed by atoms with E-state index in [-0.39, 0.29) is 27.5 Å². The first-order valence-corrected chi connectivity index (χ1v) is 11.1. The van der Waals surface area contributed by atoms with Gasteiger partial charge < -0.3 is 15.4 Å². The van der Waals surface area contributed by atoms with Crippen LogP contribution in [0.25, 0.3) is 0 Å². The first-order chi connectivity index (χ1) is 15.9. The SMILES string of the molecule is NS(=O)(=O)c1ccc(NC(=O)COC(=O)c2ccccc2Nc2cccc(C(F)(F)F)c2)cc1. The lowest BCUT2D eigenvalue weighted by Gasteiger charge is -2.13. The Morgan fingerprint density at radius 1 is 0.912 bits per heavy atom. The van der Waals surface area contributed by atoms with Gasteiger partial charge in [-0.25, -0.2) is 18.4 Å². The standard InChI is InChI=1S/C22H18F3N3O5S/c23-22(24,25)14-4-3-5-16(12-14)27-19-7-2-1-6-18(19)21(30)33-13-20(29)28-15-8-10-17(11-9-15)34(26,31)32/h1-12,27H,13H2,(H,28,29)(H2,26,31,32). The smallest absolute Gasteiger partial charge is 0.416 e. The van der Waals surface area contributed by atoms with E-state index < -0.39 is 40.2 Å². The number of benzene rings is 3. The molecule has 0 saturated carbocycles. The molecule has 1 amide bonds. The molecule has 0 aliphatic carbocycles. The minimum atomic E-state index is -4.53. The first-order valence-electron chi connectivity index (χ1n) is 9.56. The van der Waals surface area contributed by atoms with Crippen molar-refractivity contribution in [1.29, 1.82) is 0 Å². The van der Waals surface area contributed by atoms with Gasteiger partial charge in [-0.05, 0) is 54.6 Å². The molecule has 3 aromatic carbocycles. The average Bonchev–Trinajstić information content (AvgIpc) is 2.77. The summed E-state index contributed by atoms with van der Waals surface area (Å²) >= 11 is 0. The Hall–Kier alpha value is -3.90. The van der Waals surface area contributed by atoms with Crippen molar-refractivity contribution < 1.29 is 35.9 Å². The van der Waals surface area contributed by atoms with Gasteiger partial charge in [-0.3, -0.25) is 4.79 Å². The van der Waals surface area contributed by atoms with Gasteiger partial charge in [0.15, 0.2) is 6.61 Å². The Bertz CT molecular complexity index is 1310. The summed E-state index contributed by atoms with van der Waals surface area (Å²) in [5, 5.41) is 10.2. The first kappa shape index (κ1) is 24.7. The summed E-state index contributed by atoms with van der Waals surface area (Å²) in [6.07, 6.45) is -4.53. The zero-order valence-corrected chi connectivity index (χ0v) is 18.1. The van der Waals surface area contributed by atoms with Crippen molar-refractivity contribution in [2.24, 2.45) is 5.14 Å². The van der Waals surface area contributed by atoms with Gasteiger partial charge in [-0.15, -0.1) is 0 Å². The predicted octanol–water partition coefficient (Wildman–Crippen LogP) is 3.89. The molecule has 0 saturated heterocycles. The third-order valence-electron chi connectivity index (χ3n) is 4.42. The summed E-state index contributed by atoms with van der Waals surface area (Å²) in [7, 11) is -3.88. The molecule has 0 unspecified atom stereocenters. The van der Waals surface area contributed by atoms with Gasteiger partial charge in [0.2, 0.25) is 10.0 Å². The van der Waals surface area contributed by atoms with E-state index in [9.17, 15) is 31.2 Å². The number of halogens is 3. The molecule has 3 rings (SSSR count). The van der Waals surface area contributed by atoms with E-state index in [2.05, 4.69) is 10.6 Å². The zero-order valence-electron chi connectivity index (χ0n) is 17.3. The fourth-order valence-corrected chi connectivity index (χ4v) is 3.35. The molecule has 0 aromatic heterocycles. The molecule has 0 aliphatic rings. The van der Waals surface area contributed by atoms with Crippen LogP contribution in [0.2, 0.25) is 0 Å². The van der Waals surface area contributed by atoms with E-state index in [1.807, 2.05) is 0 Å². The van der Waals surface area contributed by atoms with Gasteiger partial charge >= 0.3 is 12.1 Å². The fourth-order valence-electron chi connectivity index (χ4n) is 2.83. The number of anilines is 3. The number of nitrogens with two attached hydrogens (primary N) is 1. The van der Waals surface area contributed by atoms with Gasteiger partial charge in [0.25, 0.3) is 5.91 Å². The molecule has 12 heteroatoms. The molecule has 0 heterocycles. The second-order valence-electron chi connectivity index (χ2n) is 6.94. The highest BCUT2D eigenvalue weighted by Crippen LogP contribution is 2.32. The third-order valence-corrected chi connectivity index (χ3v) is 5.35. The van der Waals surface area contributed by atoms with Gasteiger partial charge in [0.05, 0.1) is 21.7 Å². The number of amides is 1. The summed E-state index contributed by atoms with van der Waals surface area (Å²) in [6, 6.07) is 15.5. The lowest BCUT2D eigenvalue weighted by atomic mass is 10.1. The van der Waals surface area contributed by atoms with Crippen LogP contribution in [0.15, 0.2) is 77.7 Å². The molecule has 0 fully saturated rings. The van der Waals surface area contributed by atoms with Crippen molar-refractivity contribution in [1.82, 2.24) is 0 Å². The summed E-state index contributed by atoms with van der Waals surface area (Å²) in [5.74, 6) is -1.57. The van der Waals surface area contributed by atoms with Crippen LogP contribution >= 0.6 is 0 Å². The second-order valence-corrected chi connectivity index (χ2v) is 8.50. The van der Waals surface area contributed by atoms with Crippen molar-refractivity contribution in [3.05, 3.63) is 83.9 Å². The monoisotopic (exact) mass is 493 g/mol. The Morgan fingerprint density at radius 2 is 1.59 bits per heavy atom. The highest BCUT2D eigenvalue weighted by molar-refractivity contribution is 7.89. The topological polar surface area (TPSA) is 128 Å². The molecule has 0 aliphatic heterocycles. The normalized spacial score (nSPS) is 11.5. The number of hydrogen-bond donors (Lipinski definition) is 3. The Balaban J connectivity index is 1.64. The molecule has 34 heavy (non-hydrogen) atoms. The lowest BCUT2D eigenvalue weighted by Crippen LogP contribution is -2.21. The minimum Gasteiger partial charge on any atom is -0.452 e. The minimum absolute atomic E-state index is 0.00483. The summed E-state index contributed by atoms with van der Waals surface area (Å²) < 4.78 is 66.4. The van der Waals surface area contributed by atoms with Crippen LogP contribution in [0.5, 0.6) is 0 Å². The molecule has 8 nitrogen and oxygen atoms in total. The maximum atomic E-state index is 12.9. The Labute approximate surface area is 192 Å². The van der Waals surface area contributed by atoms with Crippen molar-refractivity contribution in [2.75, 3.05) is 17.2 Å². The number of alkyl halides is 3. The molecular weight excluding hydrogens is 475 g/mol. The lowest BCUT2D eigenvalue weighted by molar-refractivity contribution is -0.137. The molecule has 0 spiro atoms. The average molecular weight is 493 g/mol. The number of rotatable bonds is 7. The molecular formula is C22H18F3N3O5S. The van der Waals surface area contributed by atoms with Crippen molar-refractivity contribution in [3.63, 3.8) is 0 Å². The van der Waals surface area contributed by atoms with E-state index in [0.717, 1.165) is 12.1 Å². The maximum Gasteiger partial charge on any atom is 0.416 e. The number of carbonyl (C=O) groups is 2. The summed E-state index contributed by atoms with van der Waals surface area (Å²) in [4.78, 5) is 24.4. The number of primary sulfonamides is 1. The van der Waals surface area contributed by atoms with Crippen molar-refractivity contribution in [2.45, 2.75) is 11.1 Å². The van der Waals surface area contributed by atoms with E-state index in [1.165, 1.54) is 54.6 Å². The van der Waals surface area contributed by atoms with Crippen LogP contribution in [0.3, 0.4) is 0 Å². The largest absolute Gasteiger partial charge is 0.452 e. The van der Waals surface area contributed by atoms with Crippen LogP contribution in [-0.2, 0) is 25.7 Å². The molecule has 0 atom stereocenters. The zero-order chi connectivity index (χ0) is 24.9. The van der Waals surface area contributed by atoms with E-state index in [0.29, 0.717) is 0 Å². The molecule has 0 radical (unpaired) electrons. The van der Waals surface area contributed by atoms with Crippen molar-refractivity contribution in [3.8, 4) is 0 Å². The molecule has 3 aromatic rings. The van der Waals surface area contributed by atoms with Crippen LogP contribution < -0.4 is 15.8 Å². The van der Waals surface area contributed by atoms with E-state index >= 15 is 0 Å². The van der Waals surface area contributed by atoms with Gasteiger partial charge in [0, 0.05) is 11.4 Å². The molecule has 0 bridgehead atoms. The quantitative estimate of drug-likeness (QED) is 0.429. The Morgan fingerprint density at radius 3 is 2.24 bits per heavy atom. The van der Waals surface area contributed by atoms with E-state index in [1.54, 1.807) is 6.07 Å². The Kier molecular flexibility index (Phi) is 7.23. The summed E-state index contributed by atoms with van der Waals surface area (Å²) in [5.41, 5.74) is -0.307. The maximum absolute atomic E-state index is 12.9. The second kappa shape index (κ2) is 9.93. The fraction of sp³-hybridized carbons (Fsp3) is 0.0909. The van der Waals surface area contributed by atoms with Crippen molar-refractivity contribution >= 4 is 39.0 Å². The highest BCUT2D eigenvalue weighted by atomic mass is 32.2. The number of carbonyl (C=O) groups excluding carboxylic acids is 2. The number of hydrogen-bond acceptors (Lipinski definition) is 6. The van der Waals surface area contributed by atoms with Crippen LogP contribution in [0, 0.1) is 0 Å². The summed E-state index contributed by atoms with van der Waals surface area (Å²) in [6.45, 7) is -0.659. The van der Waals surface area contributed by atoms with E-state index in [4.69, 9.17) is 9.88 Å². The number of para-hydroxylation sites is 1. The number of nitrogens with one attached hydrogen (secondary N) is 2. The number of ether oxygens (including phenoxy) is 1. The number of esters is 1. The van der Waals surface area contributed by atoms with Crippen LogP contribution in [-0.4, -0.2) is 26.9 Å². The molecule has 4 N–H and O–H groups in total. The van der Waals surface area contributed by atoms with Crippen LogP contribution in [0.4, 0.5) is 30.2 Å². The van der Waals surface area contributed by atoms with Gasteiger partial charge in [-0.1, -0.05) is 18.2 Å². The molecule has 178 valence electrons. The number of sulfonamides is 1. The predicted molar refractivity (Wildman–Crippen MR) is 118 cm³/mol. The van der Waals surface area contributed by atoms with Gasteiger partial charge in [-0.2, -0.15) is 13.2 Å². The third kappa shape index (κ3) is 6.56. The van der Waals surface area contributed by atoms with Crippen LogP contribution in [0.1, 0.15) is 15.9 Å². The highest BCUT2D eigenvalue weighted by Gasteiger charge is 2.30.